The number of aromatic nitrogens is 1. The zero-order chi connectivity index (χ0) is 11.5. The number of benzene rings is 1. The lowest BCUT2D eigenvalue weighted by Crippen LogP contribution is -2.31. The minimum absolute atomic E-state index is 0.0997. The van der Waals surface area contributed by atoms with Crippen molar-refractivity contribution in [1.29, 1.82) is 0 Å². The van der Waals surface area contributed by atoms with E-state index in [1.165, 1.54) is 0 Å². The van der Waals surface area contributed by atoms with E-state index in [-0.39, 0.29) is 6.42 Å². The van der Waals surface area contributed by atoms with Crippen molar-refractivity contribution in [2.45, 2.75) is 18.9 Å². The first-order chi connectivity index (χ1) is 7.66. The van der Waals surface area contributed by atoms with Crippen LogP contribution in [0, 0.1) is 0 Å². The van der Waals surface area contributed by atoms with Crippen LogP contribution in [0.2, 0.25) is 0 Å². The average Bonchev–Trinajstić information content (AvgIpc) is 2.28. The van der Waals surface area contributed by atoms with Crippen molar-refractivity contribution in [1.82, 2.24) is 4.98 Å². The summed E-state index contributed by atoms with van der Waals surface area (Å²) in [5, 5.41) is 0.997. The van der Waals surface area contributed by atoms with E-state index in [0.717, 1.165) is 10.9 Å². The fourth-order valence-corrected chi connectivity index (χ4v) is 1.55. The second-order valence-electron chi connectivity index (χ2n) is 3.70. The molecular weight excluding hydrogens is 210 g/mol. The SMILES string of the molecule is NC(Cc1ccc2ccccc2n1)C(F)F. The van der Waals surface area contributed by atoms with E-state index in [4.69, 9.17) is 5.73 Å². The summed E-state index contributed by atoms with van der Waals surface area (Å²) in [7, 11) is 0. The molecule has 2 aromatic rings. The predicted octanol–water partition coefficient (Wildman–Crippen LogP) is 2.37. The second-order valence-corrected chi connectivity index (χ2v) is 3.70. The van der Waals surface area contributed by atoms with Crippen molar-refractivity contribution in [3.63, 3.8) is 0 Å². The molecule has 1 aromatic carbocycles. The highest BCUT2D eigenvalue weighted by atomic mass is 19.3. The molecule has 2 rings (SSSR count). The Labute approximate surface area is 92.1 Å². The van der Waals surface area contributed by atoms with Crippen LogP contribution in [0.4, 0.5) is 8.78 Å². The number of alkyl halides is 2. The van der Waals surface area contributed by atoms with Gasteiger partial charge in [-0.3, -0.25) is 4.98 Å². The number of hydrogen-bond donors (Lipinski definition) is 1. The van der Waals surface area contributed by atoms with Gasteiger partial charge in [-0.15, -0.1) is 0 Å². The minimum Gasteiger partial charge on any atom is -0.323 e. The fraction of sp³-hybridized carbons (Fsp3) is 0.250. The van der Waals surface area contributed by atoms with Crippen LogP contribution < -0.4 is 5.73 Å². The number of pyridine rings is 1. The maximum Gasteiger partial charge on any atom is 0.253 e. The standard InChI is InChI=1S/C12H12F2N2/c13-12(14)10(15)7-9-6-5-8-3-1-2-4-11(8)16-9/h1-6,10,12H,7,15H2. The molecule has 0 aliphatic carbocycles. The van der Waals surface area contributed by atoms with Gasteiger partial charge in [0.1, 0.15) is 0 Å². The summed E-state index contributed by atoms with van der Waals surface area (Å²) < 4.78 is 24.6. The summed E-state index contributed by atoms with van der Waals surface area (Å²) in [6.45, 7) is 0. The van der Waals surface area contributed by atoms with Crippen molar-refractivity contribution in [3.05, 3.63) is 42.1 Å². The van der Waals surface area contributed by atoms with Crippen LogP contribution in [0.25, 0.3) is 10.9 Å². The Balaban J connectivity index is 2.26. The van der Waals surface area contributed by atoms with Gasteiger partial charge >= 0.3 is 0 Å². The minimum atomic E-state index is -2.51. The van der Waals surface area contributed by atoms with E-state index < -0.39 is 12.5 Å². The Morgan fingerprint density at radius 1 is 1.12 bits per heavy atom. The van der Waals surface area contributed by atoms with Crippen molar-refractivity contribution < 1.29 is 8.78 Å². The molecule has 0 bridgehead atoms. The topological polar surface area (TPSA) is 38.9 Å². The Kier molecular flexibility index (Phi) is 3.10. The van der Waals surface area contributed by atoms with Gasteiger partial charge in [-0.2, -0.15) is 0 Å². The summed E-state index contributed by atoms with van der Waals surface area (Å²) in [5.74, 6) is 0. The monoisotopic (exact) mass is 222 g/mol. The molecule has 84 valence electrons. The Hall–Kier alpha value is -1.55. The third-order valence-electron chi connectivity index (χ3n) is 2.42. The van der Waals surface area contributed by atoms with Crippen LogP contribution in [-0.2, 0) is 6.42 Å². The number of fused-ring (bicyclic) bond motifs is 1. The summed E-state index contributed by atoms with van der Waals surface area (Å²) in [6.07, 6.45) is -2.41. The number of para-hydroxylation sites is 1. The molecular formula is C12H12F2N2. The van der Waals surface area contributed by atoms with Gasteiger partial charge < -0.3 is 5.73 Å². The number of halogens is 2. The van der Waals surface area contributed by atoms with Crippen LogP contribution in [0.15, 0.2) is 36.4 Å². The molecule has 1 aromatic heterocycles. The second kappa shape index (κ2) is 4.53. The molecule has 0 aliphatic heterocycles. The summed E-state index contributed by atoms with van der Waals surface area (Å²) in [5.41, 5.74) is 6.71. The van der Waals surface area contributed by atoms with E-state index in [2.05, 4.69) is 4.98 Å². The maximum absolute atomic E-state index is 12.3. The van der Waals surface area contributed by atoms with Crippen molar-refractivity contribution in [2.75, 3.05) is 0 Å². The molecule has 0 saturated carbocycles. The zero-order valence-corrected chi connectivity index (χ0v) is 8.61. The van der Waals surface area contributed by atoms with E-state index in [1.807, 2.05) is 30.3 Å². The Morgan fingerprint density at radius 2 is 1.88 bits per heavy atom. The summed E-state index contributed by atoms with van der Waals surface area (Å²) in [6, 6.07) is 10.0. The normalized spacial score (nSPS) is 13.2. The van der Waals surface area contributed by atoms with E-state index in [0.29, 0.717) is 5.69 Å². The smallest absolute Gasteiger partial charge is 0.253 e. The first kappa shape index (κ1) is 11.0. The highest BCUT2D eigenvalue weighted by Crippen LogP contribution is 2.13. The van der Waals surface area contributed by atoms with Gasteiger partial charge in [0.05, 0.1) is 11.6 Å². The lowest BCUT2D eigenvalue weighted by Gasteiger charge is -2.09. The fourth-order valence-electron chi connectivity index (χ4n) is 1.55. The van der Waals surface area contributed by atoms with Crippen LogP contribution >= 0.6 is 0 Å². The van der Waals surface area contributed by atoms with Gasteiger partial charge in [0.15, 0.2) is 0 Å². The maximum atomic E-state index is 12.3. The molecule has 0 fully saturated rings. The number of rotatable bonds is 3. The molecule has 1 atom stereocenters. The first-order valence-electron chi connectivity index (χ1n) is 5.05. The molecule has 0 aliphatic rings. The molecule has 0 radical (unpaired) electrons. The third kappa shape index (κ3) is 2.33. The number of nitrogens with zero attached hydrogens (tertiary/aromatic N) is 1. The molecule has 4 heteroatoms. The van der Waals surface area contributed by atoms with E-state index in [1.54, 1.807) is 6.07 Å². The molecule has 2 N–H and O–H groups in total. The predicted molar refractivity (Wildman–Crippen MR) is 59.4 cm³/mol. The van der Waals surface area contributed by atoms with Crippen molar-refractivity contribution in [2.24, 2.45) is 5.73 Å². The molecule has 1 heterocycles. The van der Waals surface area contributed by atoms with Crippen LogP contribution in [-0.4, -0.2) is 17.5 Å². The quantitative estimate of drug-likeness (QED) is 0.865. The van der Waals surface area contributed by atoms with Crippen molar-refractivity contribution >= 4 is 10.9 Å². The number of hydrogen-bond acceptors (Lipinski definition) is 2. The van der Waals surface area contributed by atoms with Crippen molar-refractivity contribution in [3.8, 4) is 0 Å². The van der Waals surface area contributed by atoms with Gasteiger partial charge in [0, 0.05) is 17.5 Å². The molecule has 0 saturated heterocycles. The van der Waals surface area contributed by atoms with Gasteiger partial charge in [0.25, 0.3) is 6.43 Å². The van der Waals surface area contributed by atoms with Gasteiger partial charge in [-0.25, -0.2) is 8.78 Å². The van der Waals surface area contributed by atoms with Gasteiger partial charge in [-0.05, 0) is 12.1 Å². The zero-order valence-electron chi connectivity index (χ0n) is 8.61. The first-order valence-corrected chi connectivity index (χ1v) is 5.05. The Bertz CT molecular complexity index is 485. The van der Waals surface area contributed by atoms with Crippen LogP contribution in [0.3, 0.4) is 0 Å². The van der Waals surface area contributed by atoms with E-state index >= 15 is 0 Å². The summed E-state index contributed by atoms with van der Waals surface area (Å²) in [4.78, 5) is 4.28. The number of nitrogens with two attached hydrogens (primary N) is 1. The lowest BCUT2D eigenvalue weighted by molar-refractivity contribution is 0.115. The third-order valence-corrected chi connectivity index (χ3v) is 2.42. The summed E-state index contributed by atoms with van der Waals surface area (Å²) >= 11 is 0. The molecule has 16 heavy (non-hydrogen) atoms. The highest BCUT2D eigenvalue weighted by Gasteiger charge is 2.16. The molecule has 0 amide bonds. The van der Waals surface area contributed by atoms with E-state index in [9.17, 15) is 8.78 Å². The van der Waals surface area contributed by atoms with Gasteiger partial charge in [-0.1, -0.05) is 24.3 Å². The molecule has 2 nitrogen and oxygen atoms in total. The molecule has 0 spiro atoms. The van der Waals surface area contributed by atoms with Gasteiger partial charge in [0.2, 0.25) is 0 Å². The lowest BCUT2D eigenvalue weighted by atomic mass is 10.1. The Morgan fingerprint density at radius 3 is 2.62 bits per heavy atom. The average molecular weight is 222 g/mol. The largest absolute Gasteiger partial charge is 0.323 e. The van der Waals surface area contributed by atoms with Crippen LogP contribution in [0.5, 0.6) is 0 Å². The van der Waals surface area contributed by atoms with Crippen LogP contribution in [0.1, 0.15) is 5.69 Å². The molecule has 1 unspecified atom stereocenters. The highest BCUT2D eigenvalue weighted by molar-refractivity contribution is 5.78.